The number of rotatable bonds is 4. The molecule has 5 rings (SSSR count). The first-order valence-electron chi connectivity index (χ1n) is 8.72. The molecule has 1 N–H and O–H groups in total. The van der Waals surface area contributed by atoms with E-state index in [2.05, 4.69) is 5.32 Å². The first-order valence-corrected chi connectivity index (χ1v) is 9.98. The highest BCUT2D eigenvalue weighted by atomic mass is 35.5. The summed E-state index contributed by atoms with van der Waals surface area (Å²) in [6.07, 6.45) is 2.00. The fourth-order valence-electron chi connectivity index (χ4n) is 2.95. The van der Waals surface area contributed by atoms with E-state index in [-0.39, 0.29) is 11.8 Å². The normalized spacial score (nSPS) is 13.8. The van der Waals surface area contributed by atoms with E-state index >= 15 is 0 Å². The average molecular weight is 395 g/mol. The highest BCUT2D eigenvalue weighted by Crippen LogP contribution is 2.34. The first kappa shape index (κ1) is 16.5. The molecule has 0 bridgehead atoms. The number of amides is 1. The van der Waals surface area contributed by atoms with Gasteiger partial charge in [-0.3, -0.25) is 4.79 Å². The SMILES string of the molecule is O=C(Nc1ccc(-c2nc(-c3cc4cc(Cl)ccc4o3)cs2)cc1)C1CC1. The minimum atomic E-state index is 0.115. The highest BCUT2D eigenvalue weighted by molar-refractivity contribution is 7.13. The summed E-state index contributed by atoms with van der Waals surface area (Å²) in [5.74, 6) is 1.04. The Morgan fingerprint density at radius 2 is 1.96 bits per heavy atom. The number of hydrogen-bond donors (Lipinski definition) is 1. The van der Waals surface area contributed by atoms with Gasteiger partial charge in [0.1, 0.15) is 16.3 Å². The number of carbonyl (C=O) groups excluding carboxylic acids is 1. The maximum absolute atomic E-state index is 11.8. The van der Waals surface area contributed by atoms with Gasteiger partial charge < -0.3 is 9.73 Å². The molecule has 1 aliphatic rings. The molecule has 1 aliphatic carbocycles. The Morgan fingerprint density at radius 1 is 1.15 bits per heavy atom. The molecule has 1 amide bonds. The van der Waals surface area contributed by atoms with Crippen molar-refractivity contribution in [3.63, 3.8) is 0 Å². The molecule has 0 saturated heterocycles. The summed E-state index contributed by atoms with van der Waals surface area (Å²) >= 11 is 7.60. The number of nitrogens with zero attached hydrogens (tertiary/aromatic N) is 1. The van der Waals surface area contributed by atoms with Crippen LogP contribution in [0.5, 0.6) is 0 Å². The maximum Gasteiger partial charge on any atom is 0.227 e. The summed E-state index contributed by atoms with van der Waals surface area (Å²) in [5, 5.41) is 7.48. The van der Waals surface area contributed by atoms with E-state index in [0.29, 0.717) is 5.02 Å². The highest BCUT2D eigenvalue weighted by Gasteiger charge is 2.29. The molecule has 4 nitrogen and oxygen atoms in total. The van der Waals surface area contributed by atoms with Gasteiger partial charge in [0.15, 0.2) is 5.76 Å². The van der Waals surface area contributed by atoms with Crippen LogP contribution in [0.1, 0.15) is 12.8 Å². The summed E-state index contributed by atoms with van der Waals surface area (Å²) in [6.45, 7) is 0. The lowest BCUT2D eigenvalue weighted by molar-refractivity contribution is -0.117. The van der Waals surface area contributed by atoms with Crippen molar-refractivity contribution in [3.05, 3.63) is 58.9 Å². The second-order valence-corrected chi connectivity index (χ2v) is 7.97. The molecule has 0 aliphatic heterocycles. The lowest BCUT2D eigenvalue weighted by Crippen LogP contribution is -2.12. The zero-order valence-corrected chi connectivity index (χ0v) is 15.8. The quantitative estimate of drug-likeness (QED) is 0.446. The van der Waals surface area contributed by atoms with Crippen molar-refractivity contribution in [2.75, 3.05) is 5.32 Å². The van der Waals surface area contributed by atoms with Crippen LogP contribution >= 0.6 is 22.9 Å². The third-order valence-corrected chi connectivity index (χ3v) is 5.71. The minimum Gasteiger partial charge on any atom is -0.454 e. The Labute approximate surface area is 164 Å². The average Bonchev–Trinajstić information content (AvgIpc) is 3.26. The molecule has 2 heterocycles. The minimum absolute atomic E-state index is 0.115. The number of aromatic nitrogens is 1. The molecule has 0 spiro atoms. The number of halogens is 1. The van der Waals surface area contributed by atoms with E-state index in [9.17, 15) is 4.79 Å². The Kier molecular flexibility index (Phi) is 3.99. The van der Waals surface area contributed by atoms with Gasteiger partial charge in [-0.1, -0.05) is 11.6 Å². The third kappa shape index (κ3) is 3.36. The van der Waals surface area contributed by atoms with Gasteiger partial charge in [-0.2, -0.15) is 0 Å². The third-order valence-electron chi connectivity index (χ3n) is 4.58. The van der Waals surface area contributed by atoms with E-state index < -0.39 is 0 Å². The van der Waals surface area contributed by atoms with E-state index in [1.54, 1.807) is 11.3 Å². The van der Waals surface area contributed by atoms with Crippen LogP contribution in [-0.2, 0) is 4.79 Å². The van der Waals surface area contributed by atoms with Gasteiger partial charge in [-0.25, -0.2) is 4.98 Å². The van der Waals surface area contributed by atoms with Gasteiger partial charge in [-0.05, 0) is 61.4 Å². The van der Waals surface area contributed by atoms with E-state index in [0.717, 1.165) is 51.5 Å². The number of benzene rings is 2. The van der Waals surface area contributed by atoms with Crippen molar-refractivity contribution in [2.24, 2.45) is 5.92 Å². The van der Waals surface area contributed by atoms with Crippen LogP contribution in [0.4, 0.5) is 5.69 Å². The van der Waals surface area contributed by atoms with Crippen molar-refractivity contribution >= 4 is 45.5 Å². The van der Waals surface area contributed by atoms with Gasteiger partial charge in [0, 0.05) is 33.0 Å². The number of hydrogen-bond acceptors (Lipinski definition) is 4. The van der Waals surface area contributed by atoms with Gasteiger partial charge in [0.25, 0.3) is 0 Å². The largest absolute Gasteiger partial charge is 0.454 e. The Bertz CT molecular complexity index is 1140. The Morgan fingerprint density at radius 3 is 2.74 bits per heavy atom. The molecule has 0 atom stereocenters. The van der Waals surface area contributed by atoms with E-state index in [1.165, 1.54) is 0 Å². The van der Waals surface area contributed by atoms with Crippen molar-refractivity contribution in [2.45, 2.75) is 12.8 Å². The maximum atomic E-state index is 11.8. The van der Waals surface area contributed by atoms with Crippen LogP contribution in [0, 0.1) is 5.92 Å². The predicted molar refractivity (Wildman–Crippen MR) is 109 cm³/mol. The number of furan rings is 1. The fraction of sp³-hybridized carbons (Fsp3) is 0.143. The van der Waals surface area contributed by atoms with Gasteiger partial charge >= 0.3 is 0 Å². The zero-order valence-electron chi connectivity index (χ0n) is 14.2. The number of thiazole rings is 1. The van der Waals surface area contributed by atoms with Crippen LogP contribution in [0.15, 0.2) is 58.3 Å². The zero-order chi connectivity index (χ0) is 18.4. The molecule has 1 saturated carbocycles. The standard InChI is InChI=1S/C21H15ClN2O2S/c22-15-5-8-18-14(9-15)10-19(26-18)17-11-27-21(24-17)13-3-6-16(7-4-13)23-20(25)12-1-2-12/h3-12H,1-2H2,(H,23,25). The topological polar surface area (TPSA) is 55.1 Å². The molecule has 0 unspecified atom stereocenters. The van der Waals surface area contributed by atoms with Gasteiger partial charge in [0.05, 0.1) is 0 Å². The lowest BCUT2D eigenvalue weighted by atomic mass is 10.2. The van der Waals surface area contributed by atoms with Crippen LogP contribution < -0.4 is 5.32 Å². The number of nitrogens with one attached hydrogen (secondary N) is 1. The number of fused-ring (bicyclic) bond motifs is 1. The van der Waals surface area contributed by atoms with E-state index in [1.807, 2.05) is 53.9 Å². The molecule has 4 aromatic rings. The summed E-state index contributed by atoms with van der Waals surface area (Å²) in [7, 11) is 0. The summed E-state index contributed by atoms with van der Waals surface area (Å²) in [6, 6.07) is 15.3. The van der Waals surface area contributed by atoms with Crippen LogP contribution in [0.3, 0.4) is 0 Å². The Balaban J connectivity index is 1.38. The second-order valence-electron chi connectivity index (χ2n) is 6.67. The molecule has 2 aromatic heterocycles. The Hall–Kier alpha value is -2.63. The van der Waals surface area contributed by atoms with Crippen LogP contribution in [0.2, 0.25) is 5.02 Å². The first-order chi connectivity index (χ1) is 13.2. The van der Waals surface area contributed by atoms with Crippen molar-refractivity contribution in [3.8, 4) is 22.0 Å². The molecular formula is C21H15ClN2O2S. The van der Waals surface area contributed by atoms with Crippen molar-refractivity contribution < 1.29 is 9.21 Å². The molecule has 2 aromatic carbocycles. The monoisotopic (exact) mass is 394 g/mol. The smallest absolute Gasteiger partial charge is 0.227 e. The van der Waals surface area contributed by atoms with Crippen molar-refractivity contribution in [1.29, 1.82) is 0 Å². The number of anilines is 1. The van der Waals surface area contributed by atoms with E-state index in [4.69, 9.17) is 21.0 Å². The molecule has 27 heavy (non-hydrogen) atoms. The van der Waals surface area contributed by atoms with Crippen molar-refractivity contribution in [1.82, 2.24) is 4.98 Å². The number of carbonyl (C=O) groups is 1. The molecule has 1 fully saturated rings. The van der Waals surface area contributed by atoms with Gasteiger partial charge in [-0.15, -0.1) is 11.3 Å². The molecule has 0 radical (unpaired) electrons. The lowest BCUT2D eigenvalue weighted by Gasteiger charge is -2.04. The summed E-state index contributed by atoms with van der Waals surface area (Å²) in [5.41, 5.74) is 3.42. The van der Waals surface area contributed by atoms with Crippen LogP contribution in [0.25, 0.3) is 33.0 Å². The summed E-state index contributed by atoms with van der Waals surface area (Å²) < 4.78 is 5.89. The molecule has 134 valence electrons. The molecular weight excluding hydrogens is 380 g/mol. The fourth-order valence-corrected chi connectivity index (χ4v) is 3.94. The van der Waals surface area contributed by atoms with Crippen LogP contribution in [-0.4, -0.2) is 10.9 Å². The second kappa shape index (κ2) is 6.51. The predicted octanol–water partition coefficient (Wildman–Crippen LogP) is 6.23. The molecule has 6 heteroatoms. The summed E-state index contributed by atoms with van der Waals surface area (Å²) in [4.78, 5) is 16.5. The van der Waals surface area contributed by atoms with Gasteiger partial charge in [0.2, 0.25) is 5.91 Å².